The largest absolute Gasteiger partial charge is 0.389 e. The number of anilines is 1. The molecule has 2 nitrogen and oxygen atoms in total. The first-order valence-corrected chi connectivity index (χ1v) is 6.86. The van der Waals surface area contributed by atoms with Crippen LogP contribution in [0.4, 0.5) is 14.5 Å². The van der Waals surface area contributed by atoms with E-state index in [-0.39, 0.29) is 22.3 Å². The van der Waals surface area contributed by atoms with Gasteiger partial charge in [0, 0.05) is 18.2 Å². The number of piperidine rings is 1. The first-order valence-electron chi connectivity index (χ1n) is 6.45. The lowest BCUT2D eigenvalue weighted by Gasteiger charge is -2.38. The van der Waals surface area contributed by atoms with Crippen LogP contribution in [0.5, 0.6) is 0 Å². The Kier molecular flexibility index (Phi) is 4.04. The fourth-order valence-corrected chi connectivity index (χ4v) is 2.84. The van der Waals surface area contributed by atoms with Gasteiger partial charge in [0.15, 0.2) is 0 Å². The second-order valence-electron chi connectivity index (χ2n) is 5.32. The van der Waals surface area contributed by atoms with Gasteiger partial charge in [0.1, 0.15) is 22.3 Å². The molecule has 2 atom stereocenters. The number of nitrogens with two attached hydrogens (primary N) is 1. The monoisotopic (exact) mass is 284 g/mol. The number of halogens is 2. The lowest BCUT2D eigenvalue weighted by molar-refractivity contribution is 0.371. The van der Waals surface area contributed by atoms with Crippen molar-refractivity contribution in [1.29, 1.82) is 0 Å². The number of hydrogen-bond donors (Lipinski definition) is 1. The van der Waals surface area contributed by atoms with Crippen molar-refractivity contribution in [3.8, 4) is 0 Å². The summed E-state index contributed by atoms with van der Waals surface area (Å²) in [6.07, 6.45) is 1.89. The summed E-state index contributed by atoms with van der Waals surface area (Å²) in [6, 6.07) is 2.56. The van der Waals surface area contributed by atoms with Crippen LogP contribution in [0.25, 0.3) is 0 Å². The SMILES string of the molecule is CC1CCN(c2c(F)cc(C(N)=S)cc2F)C(C)C1. The van der Waals surface area contributed by atoms with Crippen LogP contribution in [0.3, 0.4) is 0 Å². The maximum Gasteiger partial charge on any atom is 0.150 e. The summed E-state index contributed by atoms with van der Waals surface area (Å²) < 4.78 is 28.3. The van der Waals surface area contributed by atoms with Gasteiger partial charge in [-0.25, -0.2) is 8.78 Å². The van der Waals surface area contributed by atoms with Gasteiger partial charge in [-0.1, -0.05) is 19.1 Å². The average Bonchev–Trinajstić information content (AvgIpc) is 2.30. The zero-order valence-corrected chi connectivity index (χ0v) is 11.9. The van der Waals surface area contributed by atoms with E-state index >= 15 is 0 Å². The molecular weight excluding hydrogens is 266 g/mol. The Balaban J connectivity index is 2.37. The molecule has 2 rings (SSSR count). The molecule has 0 spiro atoms. The van der Waals surface area contributed by atoms with E-state index in [1.54, 1.807) is 4.90 Å². The number of nitrogens with zero attached hydrogens (tertiary/aromatic N) is 1. The predicted octanol–water partition coefficient (Wildman–Crippen LogP) is 3.22. The van der Waals surface area contributed by atoms with E-state index in [1.165, 1.54) is 12.1 Å². The first kappa shape index (κ1) is 14.2. The predicted molar refractivity (Wildman–Crippen MR) is 77.5 cm³/mol. The van der Waals surface area contributed by atoms with Crippen LogP contribution < -0.4 is 10.6 Å². The molecule has 0 amide bonds. The molecule has 19 heavy (non-hydrogen) atoms. The van der Waals surface area contributed by atoms with Crippen molar-refractivity contribution in [2.45, 2.75) is 32.7 Å². The third kappa shape index (κ3) is 2.86. The molecule has 1 heterocycles. The number of hydrogen-bond acceptors (Lipinski definition) is 2. The molecule has 1 aliphatic rings. The second-order valence-corrected chi connectivity index (χ2v) is 5.76. The van der Waals surface area contributed by atoms with Crippen LogP contribution in [0, 0.1) is 17.6 Å². The van der Waals surface area contributed by atoms with Crippen LogP contribution in [0.1, 0.15) is 32.3 Å². The van der Waals surface area contributed by atoms with Crippen molar-refractivity contribution in [1.82, 2.24) is 0 Å². The molecule has 5 heteroatoms. The Hall–Kier alpha value is -1.23. The van der Waals surface area contributed by atoms with Crippen molar-refractivity contribution in [2.24, 2.45) is 11.7 Å². The molecule has 104 valence electrons. The normalized spacial score (nSPS) is 23.5. The zero-order valence-electron chi connectivity index (χ0n) is 11.1. The summed E-state index contributed by atoms with van der Waals surface area (Å²) in [6.45, 7) is 4.83. The molecule has 2 unspecified atom stereocenters. The third-order valence-corrected chi connectivity index (χ3v) is 3.96. The van der Waals surface area contributed by atoms with E-state index < -0.39 is 11.6 Å². The van der Waals surface area contributed by atoms with Gasteiger partial charge in [-0.3, -0.25) is 0 Å². The van der Waals surface area contributed by atoms with Crippen LogP contribution in [-0.2, 0) is 0 Å². The molecule has 0 radical (unpaired) electrons. The van der Waals surface area contributed by atoms with Gasteiger partial charge in [-0.05, 0) is 37.8 Å². The quantitative estimate of drug-likeness (QED) is 0.846. The van der Waals surface area contributed by atoms with Crippen molar-refractivity contribution in [3.63, 3.8) is 0 Å². The van der Waals surface area contributed by atoms with Gasteiger partial charge < -0.3 is 10.6 Å². The van der Waals surface area contributed by atoms with E-state index in [0.29, 0.717) is 12.5 Å². The van der Waals surface area contributed by atoms with E-state index in [9.17, 15) is 8.78 Å². The molecule has 0 aromatic heterocycles. The van der Waals surface area contributed by atoms with Crippen molar-refractivity contribution in [2.75, 3.05) is 11.4 Å². The van der Waals surface area contributed by atoms with Crippen LogP contribution in [0.15, 0.2) is 12.1 Å². The van der Waals surface area contributed by atoms with Crippen molar-refractivity contribution in [3.05, 3.63) is 29.3 Å². The highest BCUT2D eigenvalue weighted by atomic mass is 32.1. The van der Waals surface area contributed by atoms with E-state index in [2.05, 4.69) is 6.92 Å². The summed E-state index contributed by atoms with van der Waals surface area (Å²) in [5.41, 5.74) is 5.68. The summed E-state index contributed by atoms with van der Waals surface area (Å²) >= 11 is 4.75. The van der Waals surface area contributed by atoms with Gasteiger partial charge in [-0.15, -0.1) is 0 Å². The molecule has 1 fully saturated rings. The molecule has 0 aliphatic carbocycles. The Labute approximate surface area is 117 Å². The lowest BCUT2D eigenvalue weighted by Crippen LogP contribution is -2.41. The fourth-order valence-electron chi connectivity index (χ4n) is 2.72. The van der Waals surface area contributed by atoms with E-state index in [1.807, 2.05) is 6.92 Å². The minimum atomic E-state index is -0.593. The third-order valence-electron chi connectivity index (χ3n) is 3.73. The fraction of sp³-hybridized carbons (Fsp3) is 0.500. The molecule has 0 saturated carbocycles. The number of benzene rings is 1. The van der Waals surface area contributed by atoms with Crippen LogP contribution in [-0.4, -0.2) is 17.6 Å². The molecular formula is C14H18F2N2S. The van der Waals surface area contributed by atoms with Gasteiger partial charge in [0.05, 0.1) is 0 Å². The topological polar surface area (TPSA) is 29.3 Å². The molecule has 1 saturated heterocycles. The first-order chi connectivity index (χ1) is 8.90. The highest BCUT2D eigenvalue weighted by Crippen LogP contribution is 2.32. The molecule has 1 aromatic carbocycles. The molecule has 0 bridgehead atoms. The second kappa shape index (κ2) is 5.41. The van der Waals surface area contributed by atoms with E-state index in [0.717, 1.165) is 12.8 Å². The van der Waals surface area contributed by atoms with Crippen molar-refractivity contribution >= 4 is 22.9 Å². The minimum absolute atomic E-state index is 0.00432. The molecule has 1 aromatic rings. The maximum absolute atomic E-state index is 14.1. The standard InChI is InChI=1S/C14H18F2N2S/c1-8-3-4-18(9(2)5-8)13-11(15)6-10(14(17)19)7-12(13)16/h6-9H,3-5H2,1-2H3,(H2,17,19). The Morgan fingerprint density at radius 3 is 2.37 bits per heavy atom. The number of thiocarbonyl (C=S) groups is 1. The lowest BCUT2D eigenvalue weighted by atomic mass is 9.92. The maximum atomic E-state index is 14.1. The zero-order chi connectivity index (χ0) is 14.2. The van der Waals surface area contributed by atoms with Gasteiger partial charge >= 0.3 is 0 Å². The summed E-state index contributed by atoms with van der Waals surface area (Å²) in [5.74, 6) is -0.596. The van der Waals surface area contributed by atoms with Crippen LogP contribution >= 0.6 is 12.2 Å². The summed E-state index contributed by atoms with van der Waals surface area (Å²) in [7, 11) is 0. The number of rotatable bonds is 2. The highest BCUT2D eigenvalue weighted by Gasteiger charge is 2.27. The van der Waals surface area contributed by atoms with Gasteiger partial charge in [0.2, 0.25) is 0 Å². The summed E-state index contributed by atoms with van der Waals surface area (Å²) in [4.78, 5) is 1.80. The van der Waals surface area contributed by atoms with E-state index in [4.69, 9.17) is 18.0 Å². The molecule has 2 N–H and O–H groups in total. The average molecular weight is 284 g/mol. The minimum Gasteiger partial charge on any atom is -0.389 e. The molecule has 1 aliphatic heterocycles. The Bertz CT molecular complexity index is 481. The highest BCUT2D eigenvalue weighted by molar-refractivity contribution is 7.80. The smallest absolute Gasteiger partial charge is 0.150 e. The van der Waals surface area contributed by atoms with Gasteiger partial charge in [-0.2, -0.15) is 0 Å². The Morgan fingerprint density at radius 2 is 1.89 bits per heavy atom. The van der Waals surface area contributed by atoms with Crippen molar-refractivity contribution < 1.29 is 8.78 Å². The Morgan fingerprint density at radius 1 is 1.32 bits per heavy atom. The van der Waals surface area contributed by atoms with Gasteiger partial charge in [0.25, 0.3) is 0 Å². The van der Waals surface area contributed by atoms with Crippen LogP contribution in [0.2, 0.25) is 0 Å². The summed E-state index contributed by atoms with van der Waals surface area (Å²) in [5, 5.41) is 0.